The number of para-hydroxylation sites is 1. The molecule has 0 bridgehead atoms. The molecule has 1 aliphatic carbocycles. The molecule has 6 nitrogen and oxygen atoms in total. The van der Waals surface area contributed by atoms with Crippen molar-refractivity contribution < 1.29 is 9.53 Å². The molecule has 3 N–H and O–H groups in total. The first-order chi connectivity index (χ1) is 11.7. The minimum atomic E-state index is -0.0431. The van der Waals surface area contributed by atoms with Crippen molar-refractivity contribution in [2.75, 3.05) is 12.4 Å². The lowest BCUT2D eigenvalue weighted by atomic mass is 9.85. The van der Waals surface area contributed by atoms with E-state index in [4.69, 9.17) is 10.5 Å². The lowest BCUT2D eigenvalue weighted by molar-refractivity contribution is -0.120. The van der Waals surface area contributed by atoms with E-state index in [9.17, 15) is 4.79 Å². The molecule has 0 saturated heterocycles. The van der Waals surface area contributed by atoms with E-state index in [0.29, 0.717) is 11.5 Å². The lowest BCUT2D eigenvalue weighted by Gasteiger charge is -2.25. The SMILES string of the molecule is COc1ccccc1-c1cc(NC(=O)C2CCCC(N)C2)ncn1. The summed E-state index contributed by atoms with van der Waals surface area (Å²) in [7, 11) is 1.62. The van der Waals surface area contributed by atoms with Crippen LogP contribution in [0, 0.1) is 5.92 Å². The van der Waals surface area contributed by atoms with Crippen molar-refractivity contribution in [3.8, 4) is 17.0 Å². The van der Waals surface area contributed by atoms with Gasteiger partial charge in [0.25, 0.3) is 0 Å². The number of amides is 1. The predicted octanol–water partition coefficient (Wildman–Crippen LogP) is 2.61. The van der Waals surface area contributed by atoms with E-state index < -0.39 is 0 Å². The van der Waals surface area contributed by atoms with E-state index in [1.165, 1.54) is 6.33 Å². The Kier molecular flexibility index (Phi) is 5.05. The number of ether oxygens (including phenoxy) is 1. The highest BCUT2D eigenvalue weighted by molar-refractivity contribution is 5.92. The van der Waals surface area contributed by atoms with E-state index in [1.807, 2.05) is 24.3 Å². The summed E-state index contributed by atoms with van der Waals surface area (Å²) in [4.78, 5) is 20.9. The topological polar surface area (TPSA) is 90.1 Å². The van der Waals surface area contributed by atoms with Crippen LogP contribution in [0.25, 0.3) is 11.3 Å². The van der Waals surface area contributed by atoms with Crippen LogP contribution in [0.5, 0.6) is 5.75 Å². The molecule has 0 spiro atoms. The van der Waals surface area contributed by atoms with Gasteiger partial charge in [-0.05, 0) is 31.4 Å². The number of carbonyl (C=O) groups excluding carboxylic acids is 1. The van der Waals surface area contributed by atoms with E-state index in [-0.39, 0.29) is 17.9 Å². The Balaban J connectivity index is 1.77. The molecule has 0 aliphatic heterocycles. The molecule has 1 aromatic heterocycles. The Hall–Kier alpha value is -2.47. The molecular formula is C18H22N4O2. The number of aromatic nitrogens is 2. The maximum atomic E-state index is 12.4. The van der Waals surface area contributed by atoms with Gasteiger partial charge in [-0.3, -0.25) is 4.79 Å². The number of rotatable bonds is 4. The fraction of sp³-hybridized carbons (Fsp3) is 0.389. The van der Waals surface area contributed by atoms with E-state index >= 15 is 0 Å². The van der Waals surface area contributed by atoms with Crippen LogP contribution in [0.3, 0.4) is 0 Å². The molecule has 2 atom stereocenters. The summed E-state index contributed by atoms with van der Waals surface area (Å²) < 4.78 is 5.37. The van der Waals surface area contributed by atoms with Crippen LogP contribution in [0.1, 0.15) is 25.7 Å². The van der Waals surface area contributed by atoms with Gasteiger partial charge >= 0.3 is 0 Å². The Morgan fingerprint density at radius 3 is 2.92 bits per heavy atom. The fourth-order valence-electron chi connectivity index (χ4n) is 3.12. The maximum Gasteiger partial charge on any atom is 0.228 e. The number of nitrogens with two attached hydrogens (primary N) is 1. The van der Waals surface area contributed by atoms with Gasteiger partial charge < -0.3 is 15.8 Å². The number of benzene rings is 1. The summed E-state index contributed by atoms with van der Waals surface area (Å²) in [6.45, 7) is 0. The molecule has 1 amide bonds. The minimum Gasteiger partial charge on any atom is -0.496 e. The smallest absolute Gasteiger partial charge is 0.228 e. The Labute approximate surface area is 141 Å². The standard InChI is InChI=1S/C18H22N4O2/c1-24-16-8-3-2-7-14(16)15-10-17(21-11-20-15)22-18(23)12-5-4-6-13(19)9-12/h2-3,7-8,10-13H,4-6,9,19H2,1H3,(H,20,21,22,23). The summed E-state index contributed by atoms with van der Waals surface area (Å²) in [5, 5.41) is 2.89. The summed E-state index contributed by atoms with van der Waals surface area (Å²) in [5.74, 6) is 1.16. The zero-order valence-corrected chi connectivity index (χ0v) is 13.7. The van der Waals surface area contributed by atoms with Gasteiger partial charge in [0.1, 0.15) is 17.9 Å². The minimum absolute atomic E-state index is 0.0187. The van der Waals surface area contributed by atoms with Crippen molar-refractivity contribution in [2.45, 2.75) is 31.7 Å². The highest BCUT2D eigenvalue weighted by Gasteiger charge is 2.25. The van der Waals surface area contributed by atoms with Crippen LogP contribution in [-0.4, -0.2) is 29.0 Å². The van der Waals surface area contributed by atoms with Gasteiger partial charge in [-0.1, -0.05) is 18.6 Å². The van der Waals surface area contributed by atoms with Crippen LogP contribution >= 0.6 is 0 Å². The molecule has 6 heteroatoms. The van der Waals surface area contributed by atoms with Crippen molar-refractivity contribution in [1.29, 1.82) is 0 Å². The average Bonchev–Trinajstić information content (AvgIpc) is 2.62. The van der Waals surface area contributed by atoms with Crippen LogP contribution in [0.2, 0.25) is 0 Å². The van der Waals surface area contributed by atoms with Gasteiger partial charge in [0.15, 0.2) is 0 Å². The van der Waals surface area contributed by atoms with Gasteiger partial charge in [-0.2, -0.15) is 0 Å². The van der Waals surface area contributed by atoms with Gasteiger partial charge in [0.05, 0.1) is 12.8 Å². The van der Waals surface area contributed by atoms with Gasteiger partial charge in [0, 0.05) is 23.6 Å². The van der Waals surface area contributed by atoms with E-state index in [0.717, 1.165) is 37.0 Å². The highest BCUT2D eigenvalue weighted by atomic mass is 16.5. The summed E-state index contributed by atoms with van der Waals surface area (Å²) in [6.07, 6.45) is 5.05. The first-order valence-electron chi connectivity index (χ1n) is 8.19. The van der Waals surface area contributed by atoms with Crippen LogP contribution in [-0.2, 0) is 4.79 Å². The normalized spacial score (nSPS) is 20.4. The second-order valence-electron chi connectivity index (χ2n) is 6.10. The fourth-order valence-corrected chi connectivity index (χ4v) is 3.12. The van der Waals surface area contributed by atoms with Crippen LogP contribution in [0.15, 0.2) is 36.7 Å². The first-order valence-corrected chi connectivity index (χ1v) is 8.19. The molecule has 0 radical (unpaired) electrons. The molecule has 1 heterocycles. The monoisotopic (exact) mass is 326 g/mol. The Morgan fingerprint density at radius 2 is 2.12 bits per heavy atom. The number of hydrogen-bond donors (Lipinski definition) is 2. The number of hydrogen-bond acceptors (Lipinski definition) is 5. The summed E-state index contributed by atoms with van der Waals surface area (Å²) >= 11 is 0. The van der Waals surface area contributed by atoms with Gasteiger partial charge in [-0.15, -0.1) is 0 Å². The van der Waals surface area contributed by atoms with Gasteiger partial charge in [0.2, 0.25) is 5.91 Å². The maximum absolute atomic E-state index is 12.4. The highest BCUT2D eigenvalue weighted by Crippen LogP contribution is 2.29. The second-order valence-corrected chi connectivity index (χ2v) is 6.10. The third kappa shape index (κ3) is 3.71. The summed E-state index contributed by atoms with van der Waals surface area (Å²) in [6, 6.07) is 9.49. The molecule has 3 rings (SSSR count). The third-order valence-electron chi connectivity index (χ3n) is 4.39. The molecule has 1 aromatic carbocycles. The quantitative estimate of drug-likeness (QED) is 0.901. The average molecular weight is 326 g/mol. The number of nitrogens with one attached hydrogen (secondary N) is 1. The number of anilines is 1. The molecule has 1 aliphatic rings. The first kappa shape index (κ1) is 16.4. The number of nitrogens with zero attached hydrogens (tertiary/aromatic N) is 2. The van der Waals surface area contributed by atoms with Crippen molar-refractivity contribution in [3.63, 3.8) is 0 Å². The van der Waals surface area contributed by atoms with Crippen molar-refractivity contribution in [1.82, 2.24) is 9.97 Å². The molecular weight excluding hydrogens is 304 g/mol. The Morgan fingerprint density at radius 1 is 1.29 bits per heavy atom. The molecule has 24 heavy (non-hydrogen) atoms. The van der Waals surface area contributed by atoms with E-state index in [1.54, 1.807) is 13.2 Å². The zero-order valence-electron chi connectivity index (χ0n) is 13.7. The van der Waals surface area contributed by atoms with Crippen molar-refractivity contribution >= 4 is 11.7 Å². The Bertz CT molecular complexity index is 720. The van der Waals surface area contributed by atoms with Crippen LogP contribution in [0.4, 0.5) is 5.82 Å². The molecule has 2 unspecified atom stereocenters. The zero-order chi connectivity index (χ0) is 16.9. The van der Waals surface area contributed by atoms with Gasteiger partial charge in [-0.25, -0.2) is 9.97 Å². The second kappa shape index (κ2) is 7.40. The largest absolute Gasteiger partial charge is 0.496 e. The summed E-state index contributed by atoms with van der Waals surface area (Å²) in [5.41, 5.74) is 7.53. The van der Waals surface area contributed by atoms with Crippen LogP contribution < -0.4 is 15.8 Å². The number of methoxy groups -OCH3 is 1. The number of carbonyl (C=O) groups is 1. The molecule has 1 fully saturated rings. The third-order valence-corrected chi connectivity index (χ3v) is 4.39. The predicted molar refractivity (Wildman–Crippen MR) is 92.6 cm³/mol. The molecule has 1 saturated carbocycles. The van der Waals surface area contributed by atoms with Crippen molar-refractivity contribution in [2.24, 2.45) is 11.7 Å². The van der Waals surface area contributed by atoms with E-state index in [2.05, 4.69) is 15.3 Å². The van der Waals surface area contributed by atoms with Crippen molar-refractivity contribution in [3.05, 3.63) is 36.7 Å². The lowest BCUT2D eigenvalue weighted by Crippen LogP contribution is -2.34. The molecule has 126 valence electrons. The molecule has 2 aromatic rings.